The van der Waals surface area contributed by atoms with Gasteiger partial charge in [0.25, 0.3) is 0 Å². The van der Waals surface area contributed by atoms with Gasteiger partial charge in [0.1, 0.15) is 11.2 Å². The third kappa shape index (κ3) is 3.32. The topological polar surface area (TPSA) is 53.3 Å². The van der Waals surface area contributed by atoms with Crippen molar-refractivity contribution in [2.24, 2.45) is 5.41 Å². The molecule has 1 aliphatic rings. The molecule has 118 valence electrons. The number of nitrogens with zero attached hydrogens (tertiary/aromatic N) is 2. The van der Waals surface area contributed by atoms with Crippen molar-refractivity contribution < 1.29 is 22.7 Å². The van der Waals surface area contributed by atoms with Crippen LogP contribution in [0.5, 0.6) is 5.75 Å². The minimum absolute atomic E-state index is 0.305. The Kier molecular flexibility index (Phi) is 4.05. The fourth-order valence-corrected chi connectivity index (χ4v) is 2.37. The van der Waals surface area contributed by atoms with Gasteiger partial charge in [0.2, 0.25) is 5.91 Å². The molecule has 1 aromatic carbocycles. The maximum Gasteiger partial charge on any atom is 0.573 e. The summed E-state index contributed by atoms with van der Waals surface area (Å²) in [4.78, 5) is 13.9. The summed E-state index contributed by atoms with van der Waals surface area (Å²) < 4.78 is 40.7. The van der Waals surface area contributed by atoms with Crippen molar-refractivity contribution in [3.63, 3.8) is 0 Å². The van der Waals surface area contributed by atoms with Gasteiger partial charge in [0, 0.05) is 12.2 Å². The molecular weight excluding hydrogens is 297 g/mol. The number of alkyl halides is 3. The monoisotopic (exact) mass is 312 g/mol. The van der Waals surface area contributed by atoms with Crippen molar-refractivity contribution in [1.29, 1.82) is 5.26 Å². The fraction of sp³-hybridized carbons (Fsp3) is 0.467. The Labute approximate surface area is 126 Å². The summed E-state index contributed by atoms with van der Waals surface area (Å²) in [6.45, 7) is 3.48. The second-order valence-electron chi connectivity index (χ2n) is 5.64. The molecule has 4 nitrogen and oxygen atoms in total. The van der Waals surface area contributed by atoms with Crippen molar-refractivity contribution in [3.05, 3.63) is 23.8 Å². The Morgan fingerprint density at radius 1 is 1.36 bits per heavy atom. The van der Waals surface area contributed by atoms with Gasteiger partial charge in [0.05, 0.1) is 6.07 Å². The Morgan fingerprint density at radius 2 is 2.05 bits per heavy atom. The average molecular weight is 312 g/mol. The number of aryl methyl sites for hydroxylation is 1. The number of carbonyl (C=O) groups is 1. The molecule has 22 heavy (non-hydrogen) atoms. The molecule has 0 radical (unpaired) electrons. The second kappa shape index (κ2) is 5.52. The predicted molar refractivity (Wildman–Crippen MR) is 73.2 cm³/mol. The number of anilines is 1. The minimum Gasteiger partial charge on any atom is -0.406 e. The number of nitriles is 1. The maximum absolute atomic E-state index is 12.4. The first-order valence-corrected chi connectivity index (χ1v) is 6.76. The molecule has 0 aliphatic carbocycles. The van der Waals surface area contributed by atoms with Crippen LogP contribution in [0.25, 0.3) is 0 Å². The Balaban J connectivity index is 2.33. The molecule has 0 bridgehead atoms. The zero-order valence-corrected chi connectivity index (χ0v) is 12.2. The highest BCUT2D eigenvalue weighted by atomic mass is 19.4. The lowest BCUT2D eigenvalue weighted by molar-refractivity contribution is -0.274. The predicted octanol–water partition coefficient (Wildman–Crippen LogP) is 3.41. The van der Waals surface area contributed by atoms with Crippen molar-refractivity contribution in [3.8, 4) is 11.8 Å². The van der Waals surface area contributed by atoms with E-state index in [-0.39, 0.29) is 11.7 Å². The maximum atomic E-state index is 12.4. The quantitative estimate of drug-likeness (QED) is 0.841. The van der Waals surface area contributed by atoms with Gasteiger partial charge < -0.3 is 9.64 Å². The molecule has 1 aromatic rings. The van der Waals surface area contributed by atoms with Crippen LogP contribution in [0.3, 0.4) is 0 Å². The lowest BCUT2D eigenvalue weighted by atomic mass is 9.91. The molecule has 0 fully saturated rings. The highest BCUT2D eigenvalue weighted by molar-refractivity contribution is 5.99. The zero-order chi connectivity index (χ0) is 16.5. The van der Waals surface area contributed by atoms with Crippen LogP contribution in [0.1, 0.15) is 25.8 Å². The summed E-state index contributed by atoms with van der Waals surface area (Å²) in [5.41, 5.74) is -0.0420. The molecule has 0 N–H and O–H groups in total. The third-order valence-electron chi connectivity index (χ3n) is 3.46. The average Bonchev–Trinajstić information content (AvgIpc) is 2.43. The van der Waals surface area contributed by atoms with E-state index in [0.717, 1.165) is 0 Å². The van der Waals surface area contributed by atoms with Crippen molar-refractivity contribution in [2.75, 3.05) is 11.4 Å². The molecule has 1 aliphatic heterocycles. The van der Waals surface area contributed by atoms with Crippen LogP contribution in [0.15, 0.2) is 18.2 Å². The fourth-order valence-electron chi connectivity index (χ4n) is 2.37. The zero-order valence-electron chi connectivity index (χ0n) is 12.2. The van der Waals surface area contributed by atoms with Gasteiger partial charge in [-0.25, -0.2) is 0 Å². The number of benzene rings is 1. The van der Waals surface area contributed by atoms with Crippen LogP contribution in [0.4, 0.5) is 18.9 Å². The van der Waals surface area contributed by atoms with Crippen molar-refractivity contribution >= 4 is 11.6 Å². The molecule has 0 unspecified atom stereocenters. The van der Waals surface area contributed by atoms with Crippen LogP contribution in [0.2, 0.25) is 0 Å². The van der Waals surface area contributed by atoms with E-state index in [9.17, 15) is 18.0 Å². The number of halogens is 3. The molecule has 0 atom stereocenters. The van der Waals surface area contributed by atoms with E-state index in [1.807, 2.05) is 6.07 Å². The van der Waals surface area contributed by atoms with Gasteiger partial charge in [-0.05, 0) is 50.5 Å². The van der Waals surface area contributed by atoms with Crippen molar-refractivity contribution in [2.45, 2.75) is 33.1 Å². The summed E-state index contributed by atoms with van der Waals surface area (Å²) in [6, 6.07) is 5.85. The first kappa shape index (κ1) is 16.1. The van der Waals surface area contributed by atoms with E-state index in [4.69, 9.17) is 5.26 Å². The lowest BCUT2D eigenvalue weighted by Crippen LogP contribution is -2.43. The summed E-state index contributed by atoms with van der Waals surface area (Å²) in [7, 11) is 0. The molecular formula is C15H15F3N2O2. The van der Waals surface area contributed by atoms with Gasteiger partial charge in [-0.3, -0.25) is 4.79 Å². The number of carbonyl (C=O) groups excluding carboxylic acids is 1. The summed E-state index contributed by atoms with van der Waals surface area (Å²) in [5.74, 6) is -0.666. The van der Waals surface area contributed by atoms with Crippen LogP contribution >= 0.6 is 0 Å². The SMILES string of the molecule is CC(C)(C#N)C(=O)N1CCCc2cc(OC(F)(F)F)ccc21. The summed E-state index contributed by atoms with van der Waals surface area (Å²) >= 11 is 0. The Bertz CT molecular complexity index is 633. The number of hydrogen-bond donors (Lipinski definition) is 0. The van der Waals surface area contributed by atoms with Gasteiger partial charge in [0.15, 0.2) is 0 Å². The minimum atomic E-state index is -4.75. The number of ether oxygens (including phenoxy) is 1. The molecule has 0 saturated heterocycles. The number of hydrogen-bond acceptors (Lipinski definition) is 3. The first-order chi connectivity index (χ1) is 10.1. The summed E-state index contributed by atoms with van der Waals surface area (Å²) in [5, 5.41) is 9.07. The van der Waals surface area contributed by atoms with E-state index in [0.29, 0.717) is 30.6 Å². The second-order valence-corrected chi connectivity index (χ2v) is 5.64. The lowest BCUT2D eigenvalue weighted by Gasteiger charge is -2.33. The van der Waals surface area contributed by atoms with Gasteiger partial charge in [-0.1, -0.05) is 0 Å². The first-order valence-electron chi connectivity index (χ1n) is 6.76. The molecule has 0 saturated carbocycles. The number of amides is 1. The molecule has 0 spiro atoms. The molecule has 2 rings (SSSR count). The van der Waals surface area contributed by atoms with E-state index < -0.39 is 11.8 Å². The highest BCUT2D eigenvalue weighted by Gasteiger charge is 2.35. The normalized spacial score (nSPS) is 15.0. The molecule has 1 amide bonds. The van der Waals surface area contributed by atoms with E-state index in [1.165, 1.54) is 36.9 Å². The van der Waals surface area contributed by atoms with Crippen LogP contribution in [0, 0.1) is 16.7 Å². The summed E-state index contributed by atoms with van der Waals surface area (Å²) in [6.07, 6.45) is -3.57. The van der Waals surface area contributed by atoms with Gasteiger partial charge in [-0.2, -0.15) is 5.26 Å². The number of rotatable bonds is 2. The Hall–Kier alpha value is -2.23. The standard InChI is InChI=1S/C15H15F3N2O2/c1-14(2,9-19)13(21)20-7-3-4-10-8-11(5-6-12(10)20)22-15(16,17)18/h5-6,8H,3-4,7H2,1-2H3. The van der Waals surface area contributed by atoms with Crippen LogP contribution < -0.4 is 9.64 Å². The highest BCUT2D eigenvalue weighted by Crippen LogP contribution is 2.34. The Morgan fingerprint density at radius 3 is 2.64 bits per heavy atom. The van der Waals surface area contributed by atoms with Gasteiger partial charge >= 0.3 is 6.36 Å². The molecule has 7 heteroatoms. The molecule has 1 heterocycles. The van der Waals surface area contributed by atoms with Crippen LogP contribution in [-0.2, 0) is 11.2 Å². The third-order valence-corrected chi connectivity index (χ3v) is 3.46. The van der Waals surface area contributed by atoms with E-state index >= 15 is 0 Å². The van der Waals surface area contributed by atoms with E-state index in [2.05, 4.69) is 4.74 Å². The smallest absolute Gasteiger partial charge is 0.406 e. The number of fused-ring (bicyclic) bond motifs is 1. The van der Waals surface area contributed by atoms with Crippen LogP contribution in [-0.4, -0.2) is 18.8 Å². The van der Waals surface area contributed by atoms with Gasteiger partial charge in [-0.15, -0.1) is 13.2 Å². The van der Waals surface area contributed by atoms with E-state index in [1.54, 1.807) is 0 Å². The largest absolute Gasteiger partial charge is 0.573 e. The molecule has 0 aromatic heterocycles. The van der Waals surface area contributed by atoms with Crippen molar-refractivity contribution in [1.82, 2.24) is 0 Å².